The number of piperidine rings is 1. The first-order valence-corrected chi connectivity index (χ1v) is 11.1. The van der Waals surface area contributed by atoms with Crippen LogP contribution >= 0.6 is 0 Å². The Hall–Kier alpha value is -2.77. The maximum absolute atomic E-state index is 13.2. The Morgan fingerprint density at radius 1 is 0.935 bits per heavy atom. The summed E-state index contributed by atoms with van der Waals surface area (Å²) < 4.78 is 18.7. The molecule has 1 atom stereocenters. The Kier molecular flexibility index (Phi) is 5.95. The van der Waals surface area contributed by atoms with Crippen molar-refractivity contribution in [2.24, 2.45) is 0 Å². The van der Waals surface area contributed by atoms with E-state index >= 15 is 0 Å². The average molecular weight is 422 g/mol. The van der Waals surface area contributed by atoms with Crippen molar-refractivity contribution in [3.05, 3.63) is 66.3 Å². The number of likely N-dealkylation sites (tertiary alicyclic amines) is 1. The topological polar surface area (TPSA) is 48.6 Å². The predicted molar refractivity (Wildman–Crippen MR) is 118 cm³/mol. The minimum Gasteiger partial charge on any atom is -0.369 e. The van der Waals surface area contributed by atoms with E-state index < -0.39 is 0 Å². The first-order chi connectivity index (χ1) is 15.2. The van der Waals surface area contributed by atoms with Crippen LogP contribution in [0.5, 0.6) is 0 Å². The molecule has 0 saturated carbocycles. The Labute approximate surface area is 182 Å². The summed E-state index contributed by atoms with van der Waals surface area (Å²) in [7, 11) is 0. The molecule has 0 amide bonds. The third-order valence-corrected chi connectivity index (χ3v) is 6.36. The highest BCUT2D eigenvalue weighted by molar-refractivity contribution is 5.53. The van der Waals surface area contributed by atoms with Gasteiger partial charge in [-0.15, -0.1) is 0 Å². The second kappa shape index (κ2) is 9.16. The summed E-state index contributed by atoms with van der Waals surface area (Å²) >= 11 is 0. The lowest BCUT2D eigenvalue weighted by Crippen LogP contribution is -2.55. The van der Waals surface area contributed by atoms with Crippen molar-refractivity contribution >= 4 is 5.69 Å². The highest BCUT2D eigenvalue weighted by Gasteiger charge is 2.29. The lowest BCUT2D eigenvalue weighted by atomic mass is 10.0. The quantitative estimate of drug-likeness (QED) is 0.627. The van der Waals surface area contributed by atoms with Crippen molar-refractivity contribution < 1.29 is 8.91 Å². The third kappa shape index (κ3) is 4.78. The molecule has 31 heavy (non-hydrogen) atoms. The zero-order chi connectivity index (χ0) is 21.0. The number of halogens is 1. The van der Waals surface area contributed by atoms with Gasteiger partial charge in [-0.1, -0.05) is 35.5 Å². The maximum atomic E-state index is 13.2. The van der Waals surface area contributed by atoms with Crippen molar-refractivity contribution in [2.75, 3.05) is 44.2 Å². The van der Waals surface area contributed by atoms with Gasteiger partial charge in [-0.25, -0.2) is 4.39 Å². The van der Waals surface area contributed by atoms with Gasteiger partial charge in [0.05, 0.1) is 6.54 Å². The van der Waals surface area contributed by atoms with Gasteiger partial charge in [0.25, 0.3) is 0 Å². The van der Waals surface area contributed by atoms with Gasteiger partial charge in [0.1, 0.15) is 5.82 Å². The van der Waals surface area contributed by atoms with Crippen LogP contribution in [-0.2, 0) is 6.54 Å². The van der Waals surface area contributed by atoms with Crippen LogP contribution < -0.4 is 4.90 Å². The fraction of sp³-hybridized carbons (Fsp3) is 0.417. The summed E-state index contributed by atoms with van der Waals surface area (Å²) in [5, 5.41) is 4.15. The highest BCUT2D eigenvalue weighted by atomic mass is 19.1. The van der Waals surface area contributed by atoms with Gasteiger partial charge in [-0.3, -0.25) is 9.80 Å². The van der Waals surface area contributed by atoms with Gasteiger partial charge in [0.15, 0.2) is 0 Å². The fourth-order valence-corrected chi connectivity index (χ4v) is 4.68. The molecule has 2 fully saturated rings. The molecule has 3 aromatic rings. The number of nitrogens with zero attached hydrogens (tertiary/aromatic N) is 5. The standard InChI is InChI=1S/C24H28FN5O/c25-20-8-10-21(11-9-20)29-13-15-30(16-14-29)22-7-4-12-28(17-22)18-23-26-24(27-31-23)19-5-2-1-3-6-19/h1-3,5-6,8-11,22H,4,7,12-18H2/t22-/m1/s1. The summed E-state index contributed by atoms with van der Waals surface area (Å²) in [5.41, 5.74) is 2.09. The second-order valence-corrected chi connectivity index (χ2v) is 8.41. The lowest BCUT2D eigenvalue weighted by molar-refractivity contribution is 0.0825. The van der Waals surface area contributed by atoms with E-state index in [1.807, 2.05) is 42.5 Å². The molecule has 0 unspecified atom stereocenters. The number of rotatable bonds is 5. The largest absolute Gasteiger partial charge is 0.369 e. The molecule has 3 heterocycles. The summed E-state index contributed by atoms with van der Waals surface area (Å²) in [6.45, 7) is 6.82. The Morgan fingerprint density at radius 2 is 1.71 bits per heavy atom. The Balaban J connectivity index is 1.15. The zero-order valence-electron chi connectivity index (χ0n) is 17.7. The van der Waals surface area contributed by atoms with Crippen LogP contribution in [0, 0.1) is 5.82 Å². The van der Waals surface area contributed by atoms with Gasteiger partial charge in [-0.05, 0) is 43.7 Å². The van der Waals surface area contributed by atoms with Gasteiger partial charge in [-0.2, -0.15) is 4.98 Å². The van der Waals surface area contributed by atoms with Crippen molar-refractivity contribution in [2.45, 2.75) is 25.4 Å². The fourth-order valence-electron chi connectivity index (χ4n) is 4.68. The van der Waals surface area contributed by atoms with Gasteiger partial charge in [0.2, 0.25) is 11.7 Å². The normalized spacial score (nSPS) is 20.8. The van der Waals surface area contributed by atoms with Crippen LogP contribution in [0.2, 0.25) is 0 Å². The lowest BCUT2D eigenvalue weighted by Gasteiger charge is -2.43. The van der Waals surface area contributed by atoms with Crippen LogP contribution in [-0.4, -0.2) is 65.3 Å². The molecule has 162 valence electrons. The number of piperazine rings is 1. The first-order valence-electron chi connectivity index (χ1n) is 11.1. The van der Waals surface area contributed by atoms with Gasteiger partial charge >= 0.3 is 0 Å². The van der Waals surface area contributed by atoms with Crippen LogP contribution in [0.15, 0.2) is 59.1 Å². The molecule has 1 aromatic heterocycles. The summed E-state index contributed by atoms with van der Waals surface area (Å²) in [6.07, 6.45) is 2.41. The molecule has 0 aliphatic carbocycles. The highest BCUT2D eigenvalue weighted by Crippen LogP contribution is 2.23. The molecule has 2 aliphatic rings. The van der Waals surface area contributed by atoms with Gasteiger partial charge in [0, 0.05) is 50.0 Å². The molecule has 2 aliphatic heterocycles. The first kappa shape index (κ1) is 20.2. The number of benzene rings is 2. The Morgan fingerprint density at radius 3 is 2.48 bits per heavy atom. The number of aromatic nitrogens is 2. The smallest absolute Gasteiger partial charge is 0.241 e. The number of hydrogen-bond acceptors (Lipinski definition) is 6. The molecule has 0 radical (unpaired) electrons. The van der Waals surface area contributed by atoms with Crippen molar-refractivity contribution in [3.63, 3.8) is 0 Å². The molecule has 7 heteroatoms. The van der Waals surface area contributed by atoms with E-state index in [2.05, 4.69) is 24.8 Å². The molecule has 6 nitrogen and oxygen atoms in total. The number of anilines is 1. The predicted octanol–water partition coefficient (Wildman–Crippen LogP) is 3.66. The van der Waals surface area contributed by atoms with E-state index in [-0.39, 0.29) is 5.82 Å². The summed E-state index contributed by atoms with van der Waals surface area (Å²) in [4.78, 5) is 12.0. The van der Waals surface area contributed by atoms with E-state index in [9.17, 15) is 4.39 Å². The molecular formula is C24H28FN5O. The SMILES string of the molecule is Fc1ccc(N2CCN([C@@H]3CCCN(Cc4nc(-c5ccccc5)no4)C3)CC2)cc1. The average Bonchev–Trinajstić information content (AvgIpc) is 3.29. The van der Waals surface area contributed by atoms with Crippen molar-refractivity contribution in [1.82, 2.24) is 19.9 Å². The third-order valence-electron chi connectivity index (χ3n) is 6.36. The molecule has 2 aromatic carbocycles. The van der Waals surface area contributed by atoms with E-state index in [0.29, 0.717) is 24.3 Å². The molecule has 0 bridgehead atoms. The summed E-state index contributed by atoms with van der Waals surface area (Å²) in [5.74, 6) is 1.16. The minimum absolute atomic E-state index is 0.179. The maximum Gasteiger partial charge on any atom is 0.241 e. The molecule has 0 N–H and O–H groups in total. The van der Waals surface area contributed by atoms with Crippen molar-refractivity contribution in [3.8, 4) is 11.4 Å². The molecule has 0 spiro atoms. The van der Waals surface area contributed by atoms with Crippen LogP contribution in [0.1, 0.15) is 18.7 Å². The monoisotopic (exact) mass is 421 g/mol. The van der Waals surface area contributed by atoms with E-state index in [1.165, 1.54) is 12.8 Å². The van der Waals surface area contributed by atoms with E-state index in [0.717, 1.165) is 50.5 Å². The van der Waals surface area contributed by atoms with E-state index in [1.54, 1.807) is 12.1 Å². The van der Waals surface area contributed by atoms with Crippen LogP contribution in [0.3, 0.4) is 0 Å². The van der Waals surface area contributed by atoms with Crippen molar-refractivity contribution in [1.29, 1.82) is 0 Å². The molecular weight excluding hydrogens is 393 g/mol. The van der Waals surface area contributed by atoms with E-state index in [4.69, 9.17) is 4.52 Å². The minimum atomic E-state index is -0.179. The second-order valence-electron chi connectivity index (χ2n) is 8.41. The zero-order valence-corrected chi connectivity index (χ0v) is 17.7. The van der Waals surface area contributed by atoms with Gasteiger partial charge < -0.3 is 9.42 Å². The Bertz CT molecular complexity index is 969. The van der Waals surface area contributed by atoms with Crippen LogP contribution in [0.4, 0.5) is 10.1 Å². The molecule has 5 rings (SSSR count). The van der Waals surface area contributed by atoms with Crippen LogP contribution in [0.25, 0.3) is 11.4 Å². The molecule has 2 saturated heterocycles. The summed E-state index contributed by atoms with van der Waals surface area (Å²) in [6, 6.07) is 17.3. The number of hydrogen-bond donors (Lipinski definition) is 0.